The molecule has 21 heavy (non-hydrogen) atoms. The van der Waals surface area contributed by atoms with Crippen LogP contribution in [0.5, 0.6) is 0 Å². The van der Waals surface area contributed by atoms with Crippen LogP contribution in [0.25, 0.3) is 0 Å². The Morgan fingerprint density at radius 2 is 2.05 bits per heavy atom. The van der Waals surface area contributed by atoms with Gasteiger partial charge in [0.05, 0.1) is 5.02 Å². The van der Waals surface area contributed by atoms with Crippen molar-refractivity contribution in [1.82, 2.24) is 4.72 Å². The van der Waals surface area contributed by atoms with Gasteiger partial charge in [0.2, 0.25) is 10.0 Å². The summed E-state index contributed by atoms with van der Waals surface area (Å²) in [6.45, 7) is 1.73. The van der Waals surface area contributed by atoms with Crippen LogP contribution >= 0.6 is 34.5 Å². The van der Waals surface area contributed by atoms with Gasteiger partial charge in [-0.1, -0.05) is 23.2 Å². The molecule has 114 valence electrons. The highest BCUT2D eigenvalue weighted by Gasteiger charge is 2.21. The summed E-state index contributed by atoms with van der Waals surface area (Å²) in [5, 5.41) is 12.2. The van der Waals surface area contributed by atoms with E-state index in [1.165, 1.54) is 29.5 Å². The Morgan fingerprint density at radius 3 is 2.67 bits per heavy atom. The summed E-state index contributed by atoms with van der Waals surface area (Å²) in [5.74, 6) is 0. The molecule has 8 heteroatoms. The van der Waals surface area contributed by atoms with Crippen molar-refractivity contribution in [1.29, 1.82) is 0 Å². The molecular formula is C13H13Cl2NO3S2. The Labute approximate surface area is 137 Å². The normalized spacial score (nSPS) is 13.3. The molecule has 1 atom stereocenters. The van der Waals surface area contributed by atoms with Gasteiger partial charge < -0.3 is 5.11 Å². The predicted molar refractivity (Wildman–Crippen MR) is 85.7 cm³/mol. The summed E-state index contributed by atoms with van der Waals surface area (Å²) in [6.07, 6.45) is -0.905. The van der Waals surface area contributed by atoms with Crippen molar-refractivity contribution in [3.8, 4) is 0 Å². The zero-order valence-corrected chi connectivity index (χ0v) is 14.2. The first-order chi connectivity index (χ1) is 9.81. The summed E-state index contributed by atoms with van der Waals surface area (Å²) in [4.78, 5) is 0.627. The van der Waals surface area contributed by atoms with Crippen molar-refractivity contribution in [2.45, 2.75) is 17.9 Å². The van der Waals surface area contributed by atoms with Crippen LogP contribution in [0.2, 0.25) is 10.0 Å². The molecule has 0 fully saturated rings. The van der Waals surface area contributed by atoms with E-state index in [0.29, 0.717) is 0 Å². The molecule has 4 nitrogen and oxygen atoms in total. The van der Waals surface area contributed by atoms with Crippen molar-refractivity contribution in [3.05, 3.63) is 50.1 Å². The number of aryl methyl sites for hydroxylation is 1. The van der Waals surface area contributed by atoms with Gasteiger partial charge in [0.1, 0.15) is 11.0 Å². The lowest BCUT2D eigenvalue weighted by Crippen LogP contribution is -2.28. The van der Waals surface area contributed by atoms with Gasteiger partial charge in [-0.15, -0.1) is 11.3 Å². The van der Waals surface area contributed by atoms with Gasteiger partial charge in [0.15, 0.2) is 0 Å². The van der Waals surface area contributed by atoms with Crippen LogP contribution in [0.3, 0.4) is 0 Å². The molecule has 1 unspecified atom stereocenters. The van der Waals surface area contributed by atoms with Crippen molar-refractivity contribution < 1.29 is 13.5 Å². The summed E-state index contributed by atoms with van der Waals surface area (Å²) in [7, 11) is -3.83. The molecule has 0 radical (unpaired) electrons. The first kappa shape index (κ1) is 16.7. The third-order valence-electron chi connectivity index (χ3n) is 2.85. The maximum atomic E-state index is 12.2. The molecule has 2 aromatic rings. The van der Waals surface area contributed by atoms with E-state index in [0.717, 1.165) is 10.4 Å². The molecule has 2 rings (SSSR count). The number of thiophene rings is 1. The number of hydrogen-bond donors (Lipinski definition) is 2. The summed E-state index contributed by atoms with van der Waals surface area (Å²) < 4.78 is 26.7. The Kier molecular flexibility index (Phi) is 5.29. The maximum Gasteiger partial charge on any atom is 0.242 e. The average Bonchev–Trinajstić information content (AvgIpc) is 2.85. The summed E-state index contributed by atoms with van der Waals surface area (Å²) >= 11 is 13.0. The lowest BCUT2D eigenvalue weighted by molar-refractivity contribution is 0.185. The number of rotatable bonds is 5. The molecule has 0 bridgehead atoms. The predicted octanol–water partition coefficient (Wildman–Crippen LogP) is 3.38. The second-order valence-electron chi connectivity index (χ2n) is 4.41. The highest BCUT2D eigenvalue weighted by atomic mass is 35.5. The van der Waals surface area contributed by atoms with Gasteiger partial charge in [-0.2, -0.15) is 0 Å². The zero-order chi connectivity index (χ0) is 15.6. The number of benzene rings is 1. The average molecular weight is 366 g/mol. The number of nitrogens with one attached hydrogen (secondary N) is 1. The van der Waals surface area contributed by atoms with Crippen LogP contribution in [0, 0.1) is 6.92 Å². The summed E-state index contributed by atoms with van der Waals surface area (Å²) in [5.41, 5.74) is 0.924. The Bertz CT molecular complexity index is 744. The van der Waals surface area contributed by atoms with E-state index in [1.807, 2.05) is 18.4 Å². The standard InChI is InChI=1S/C13H13Cl2NO3S2/c1-8-4-5-20-13(8)11(17)7-16-21(18,19)12-6-9(14)2-3-10(12)15/h2-6,11,16-17H,7H2,1H3. The van der Waals surface area contributed by atoms with Gasteiger partial charge in [-0.05, 0) is 42.1 Å². The first-order valence-corrected chi connectivity index (χ1v) is 9.10. The minimum absolute atomic E-state index is 0.0775. The molecule has 0 aliphatic heterocycles. The quantitative estimate of drug-likeness (QED) is 0.853. The third kappa shape index (κ3) is 3.97. The van der Waals surface area contributed by atoms with E-state index in [9.17, 15) is 13.5 Å². The Hall–Kier alpha value is -0.630. The number of hydrogen-bond acceptors (Lipinski definition) is 4. The molecule has 1 heterocycles. The van der Waals surface area contributed by atoms with Crippen LogP contribution in [-0.2, 0) is 10.0 Å². The van der Waals surface area contributed by atoms with E-state index in [-0.39, 0.29) is 21.5 Å². The van der Waals surface area contributed by atoms with Crippen molar-refractivity contribution >= 4 is 44.6 Å². The van der Waals surface area contributed by atoms with Crippen LogP contribution in [0.1, 0.15) is 16.5 Å². The van der Waals surface area contributed by atoms with Crippen LogP contribution in [-0.4, -0.2) is 20.1 Å². The van der Waals surface area contributed by atoms with Crippen LogP contribution in [0.4, 0.5) is 0 Å². The SMILES string of the molecule is Cc1ccsc1C(O)CNS(=O)(=O)c1cc(Cl)ccc1Cl. The minimum Gasteiger partial charge on any atom is -0.386 e. The molecule has 2 N–H and O–H groups in total. The fourth-order valence-electron chi connectivity index (χ4n) is 1.77. The van der Waals surface area contributed by atoms with E-state index in [4.69, 9.17) is 23.2 Å². The van der Waals surface area contributed by atoms with E-state index in [1.54, 1.807) is 0 Å². The third-order valence-corrected chi connectivity index (χ3v) is 6.11. The lowest BCUT2D eigenvalue weighted by atomic mass is 10.2. The number of aliphatic hydroxyl groups excluding tert-OH is 1. The fourth-order valence-corrected chi connectivity index (χ4v) is 4.48. The van der Waals surface area contributed by atoms with E-state index >= 15 is 0 Å². The highest BCUT2D eigenvalue weighted by Crippen LogP contribution is 2.26. The van der Waals surface area contributed by atoms with Crippen LogP contribution < -0.4 is 4.72 Å². The topological polar surface area (TPSA) is 66.4 Å². The molecule has 0 amide bonds. The van der Waals surface area contributed by atoms with Gasteiger partial charge in [0, 0.05) is 16.4 Å². The van der Waals surface area contributed by atoms with Gasteiger partial charge in [0.25, 0.3) is 0 Å². The van der Waals surface area contributed by atoms with E-state index in [2.05, 4.69) is 4.72 Å². The first-order valence-electron chi connectivity index (χ1n) is 5.98. The molecule has 0 aliphatic rings. The van der Waals surface area contributed by atoms with E-state index < -0.39 is 16.1 Å². The second kappa shape index (κ2) is 6.64. The van der Waals surface area contributed by atoms with Gasteiger partial charge in [-0.25, -0.2) is 13.1 Å². The Balaban J connectivity index is 2.15. The fraction of sp³-hybridized carbons (Fsp3) is 0.231. The largest absolute Gasteiger partial charge is 0.386 e. The molecule has 0 spiro atoms. The molecular weight excluding hydrogens is 353 g/mol. The van der Waals surface area contributed by atoms with Gasteiger partial charge >= 0.3 is 0 Å². The number of aliphatic hydroxyl groups is 1. The van der Waals surface area contributed by atoms with Crippen LogP contribution in [0.15, 0.2) is 34.5 Å². The number of sulfonamides is 1. The molecule has 0 aliphatic carbocycles. The van der Waals surface area contributed by atoms with Gasteiger partial charge in [-0.3, -0.25) is 0 Å². The Morgan fingerprint density at radius 1 is 1.33 bits per heavy atom. The monoisotopic (exact) mass is 365 g/mol. The summed E-state index contributed by atoms with van der Waals surface area (Å²) in [6, 6.07) is 6.06. The smallest absolute Gasteiger partial charge is 0.242 e. The molecule has 0 saturated heterocycles. The lowest BCUT2D eigenvalue weighted by Gasteiger charge is -2.13. The maximum absolute atomic E-state index is 12.2. The minimum atomic E-state index is -3.83. The van der Waals surface area contributed by atoms with Crippen molar-refractivity contribution in [3.63, 3.8) is 0 Å². The molecule has 1 aromatic carbocycles. The van der Waals surface area contributed by atoms with Crippen molar-refractivity contribution in [2.75, 3.05) is 6.54 Å². The van der Waals surface area contributed by atoms with Crippen molar-refractivity contribution in [2.24, 2.45) is 0 Å². The number of halogens is 2. The second-order valence-corrected chi connectivity index (χ2v) is 7.94. The highest BCUT2D eigenvalue weighted by molar-refractivity contribution is 7.89. The zero-order valence-electron chi connectivity index (χ0n) is 11.0. The molecule has 0 saturated carbocycles. The molecule has 1 aromatic heterocycles.